The van der Waals surface area contributed by atoms with Gasteiger partial charge >= 0.3 is 5.97 Å². The van der Waals surface area contributed by atoms with E-state index in [1.54, 1.807) is 6.92 Å². The summed E-state index contributed by atoms with van der Waals surface area (Å²) in [5.41, 5.74) is 2.06. The molecule has 0 saturated heterocycles. The summed E-state index contributed by atoms with van der Waals surface area (Å²) in [4.78, 5) is 16.3. The fraction of sp³-hybridized carbons (Fsp3) is 0.231. The normalized spacial score (nSPS) is 10.6. The van der Waals surface area contributed by atoms with Gasteiger partial charge < -0.3 is 4.74 Å². The lowest BCUT2D eigenvalue weighted by Gasteiger charge is -2.08. The van der Waals surface area contributed by atoms with E-state index in [-0.39, 0.29) is 5.97 Å². The van der Waals surface area contributed by atoms with Crippen LogP contribution in [-0.4, -0.2) is 17.6 Å². The smallest absolute Gasteiger partial charge is 0.340 e. The number of aromatic nitrogens is 1. The van der Waals surface area contributed by atoms with Gasteiger partial charge in [0.25, 0.3) is 0 Å². The number of hydrogen-bond acceptors (Lipinski definition) is 3. The highest BCUT2D eigenvalue weighted by atomic mass is 79.9. The Bertz CT molecular complexity index is 599. The highest BCUT2D eigenvalue weighted by Gasteiger charge is 2.14. The zero-order valence-electron chi connectivity index (χ0n) is 9.74. The Balaban J connectivity index is 2.59. The summed E-state index contributed by atoms with van der Waals surface area (Å²) in [6.45, 7) is 2.15. The van der Waals surface area contributed by atoms with Crippen LogP contribution >= 0.6 is 31.9 Å². The Morgan fingerprint density at radius 2 is 2.17 bits per heavy atom. The standard InChI is InChI=1S/C13H11Br2NO2/c1-2-18-13(17)10-5-8-3-4-9(15)6-11(8)16-12(10)7-14/h3-6H,2,7H2,1H3. The Morgan fingerprint density at radius 1 is 1.39 bits per heavy atom. The van der Waals surface area contributed by atoms with Gasteiger partial charge in [-0.15, -0.1) is 0 Å². The SMILES string of the molecule is CCOC(=O)c1cc2ccc(Br)cc2nc1CBr. The van der Waals surface area contributed by atoms with Crippen LogP contribution in [0.2, 0.25) is 0 Å². The molecule has 0 N–H and O–H groups in total. The van der Waals surface area contributed by atoms with Crippen molar-refractivity contribution in [3.8, 4) is 0 Å². The maximum atomic E-state index is 11.8. The predicted molar refractivity (Wildman–Crippen MR) is 78.0 cm³/mol. The van der Waals surface area contributed by atoms with E-state index in [0.717, 1.165) is 15.4 Å². The number of ether oxygens (including phenoxy) is 1. The van der Waals surface area contributed by atoms with Gasteiger partial charge in [-0.2, -0.15) is 0 Å². The molecule has 0 spiro atoms. The summed E-state index contributed by atoms with van der Waals surface area (Å²) in [7, 11) is 0. The summed E-state index contributed by atoms with van der Waals surface area (Å²) >= 11 is 6.76. The van der Waals surface area contributed by atoms with E-state index in [9.17, 15) is 4.79 Å². The van der Waals surface area contributed by atoms with Crippen LogP contribution in [0, 0.1) is 0 Å². The average Bonchev–Trinajstić information content (AvgIpc) is 2.37. The minimum absolute atomic E-state index is 0.329. The summed E-state index contributed by atoms with van der Waals surface area (Å²) in [6.07, 6.45) is 0. The molecule has 0 bridgehead atoms. The minimum atomic E-state index is -0.329. The van der Waals surface area contributed by atoms with Crippen molar-refractivity contribution in [1.82, 2.24) is 4.98 Å². The number of carbonyl (C=O) groups excluding carboxylic acids is 1. The van der Waals surface area contributed by atoms with Crippen LogP contribution in [0.25, 0.3) is 10.9 Å². The van der Waals surface area contributed by atoms with E-state index < -0.39 is 0 Å². The van der Waals surface area contributed by atoms with Crippen molar-refractivity contribution < 1.29 is 9.53 Å². The maximum absolute atomic E-state index is 11.8. The van der Waals surface area contributed by atoms with Crippen molar-refractivity contribution >= 4 is 48.7 Å². The molecule has 0 saturated carbocycles. The second-order valence-electron chi connectivity index (χ2n) is 3.67. The number of benzene rings is 1. The molecular weight excluding hydrogens is 362 g/mol. The molecule has 1 aromatic heterocycles. The van der Waals surface area contributed by atoms with Crippen molar-refractivity contribution in [2.75, 3.05) is 6.61 Å². The van der Waals surface area contributed by atoms with Crippen molar-refractivity contribution in [3.63, 3.8) is 0 Å². The zero-order valence-corrected chi connectivity index (χ0v) is 12.9. The van der Waals surface area contributed by atoms with Gasteiger partial charge in [-0.05, 0) is 25.1 Å². The van der Waals surface area contributed by atoms with Gasteiger partial charge in [0.1, 0.15) is 0 Å². The zero-order chi connectivity index (χ0) is 13.1. The first-order valence-corrected chi connectivity index (χ1v) is 7.39. The molecule has 2 rings (SSSR count). The number of pyridine rings is 1. The van der Waals surface area contributed by atoms with Gasteiger partial charge in [-0.3, -0.25) is 4.98 Å². The molecule has 0 aliphatic carbocycles. The molecule has 1 aromatic carbocycles. The van der Waals surface area contributed by atoms with Gasteiger partial charge in [-0.1, -0.05) is 37.9 Å². The molecule has 0 aliphatic rings. The Labute approximate surface area is 122 Å². The van der Waals surface area contributed by atoms with Gasteiger partial charge in [0.2, 0.25) is 0 Å². The van der Waals surface area contributed by atoms with Gasteiger partial charge in [0.15, 0.2) is 0 Å². The largest absolute Gasteiger partial charge is 0.462 e. The van der Waals surface area contributed by atoms with Crippen LogP contribution in [0.15, 0.2) is 28.7 Å². The van der Waals surface area contributed by atoms with Gasteiger partial charge in [-0.25, -0.2) is 4.79 Å². The molecule has 0 radical (unpaired) electrons. The number of carbonyl (C=O) groups is 1. The first kappa shape index (κ1) is 13.5. The van der Waals surface area contributed by atoms with Crippen molar-refractivity contribution in [2.45, 2.75) is 12.3 Å². The first-order chi connectivity index (χ1) is 8.65. The van der Waals surface area contributed by atoms with Crippen LogP contribution < -0.4 is 0 Å². The van der Waals surface area contributed by atoms with E-state index >= 15 is 0 Å². The molecule has 0 aliphatic heterocycles. The average molecular weight is 373 g/mol. The number of alkyl halides is 1. The molecule has 1 heterocycles. The molecule has 3 nitrogen and oxygen atoms in total. The van der Waals surface area contributed by atoms with Gasteiger partial charge in [0.05, 0.1) is 23.4 Å². The predicted octanol–water partition coefficient (Wildman–Crippen LogP) is 4.07. The summed E-state index contributed by atoms with van der Waals surface area (Å²) in [5, 5.41) is 1.44. The second kappa shape index (κ2) is 5.80. The lowest BCUT2D eigenvalue weighted by atomic mass is 10.1. The van der Waals surface area contributed by atoms with Crippen LogP contribution in [0.4, 0.5) is 0 Å². The highest BCUT2D eigenvalue weighted by Crippen LogP contribution is 2.22. The minimum Gasteiger partial charge on any atom is -0.462 e. The van der Waals surface area contributed by atoms with E-state index in [4.69, 9.17) is 4.74 Å². The van der Waals surface area contributed by atoms with Crippen LogP contribution in [0.5, 0.6) is 0 Å². The molecule has 0 amide bonds. The number of hydrogen-bond donors (Lipinski definition) is 0. The molecule has 94 valence electrons. The molecular formula is C13H11Br2NO2. The van der Waals surface area contributed by atoms with E-state index in [0.29, 0.717) is 23.2 Å². The molecule has 0 unspecified atom stereocenters. The van der Waals surface area contributed by atoms with E-state index in [2.05, 4.69) is 36.8 Å². The number of esters is 1. The highest BCUT2D eigenvalue weighted by molar-refractivity contribution is 9.10. The van der Waals surface area contributed by atoms with E-state index in [1.807, 2.05) is 24.3 Å². The third-order valence-corrected chi connectivity index (χ3v) is 3.50. The monoisotopic (exact) mass is 371 g/mol. The van der Waals surface area contributed by atoms with Crippen molar-refractivity contribution in [2.24, 2.45) is 0 Å². The fourth-order valence-corrected chi connectivity index (χ4v) is 2.44. The topological polar surface area (TPSA) is 39.2 Å². The fourth-order valence-electron chi connectivity index (χ4n) is 1.67. The first-order valence-electron chi connectivity index (χ1n) is 5.48. The third kappa shape index (κ3) is 2.72. The molecule has 18 heavy (non-hydrogen) atoms. The lowest BCUT2D eigenvalue weighted by Crippen LogP contribution is -2.09. The van der Waals surface area contributed by atoms with Crippen molar-refractivity contribution in [3.05, 3.63) is 40.0 Å². The number of halogens is 2. The van der Waals surface area contributed by atoms with Crippen LogP contribution in [0.3, 0.4) is 0 Å². The Hall–Kier alpha value is -0.940. The lowest BCUT2D eigenvalue weighted by molar-refractivity contribution is 0.0525. The second-order valence-corrected chi connectivity index (χ2v) is 5.15. The molecule has 0 atom stereocenters. The summed E-state index contributed by atoms with van der Waals surface area (Å²) in [5.74, 6) is -0.329. The Kier molecular flexibility index (Phi) is 4.35. The maximum Gasteiger partial charge on any atom is 0.340 e. The third-order valence-electron chi connectivity index (χ3n) is 2.48. The van der Waals surface area contributed by atoms with Gasteiger partial charge in [0, 0.05) is 15.2 Å². The van der Waals surface area contributed by atoms with Crippen LogP contribution in [-0.2, 0) is 10.1 Å². The Morgan fingerprint density at radius 3 is 2.83 bits per heavy atom. The molecule has 0 fully saturated rings. The van der Waals surface area contributed by atoms with E-state index in [1.165, 1.54) is 0 Å². The molecule has 5 heteroatoms. The summed E-state index contributed by atoms with van der Waals surface area (Å²) < 4.78 is 6.00. The van der Waals surface area contributed by atoms with Crippen molar-refractivity contribution in [1.29, 1.82) is 0 Å². The quantitative estimate of drug-likeness (QED) is 0.602. The summed E-state index contributed by atoms with van der Waals surface area (Å²) in [6, 6.07) is 7.60. The van der Waals surface area contributed by atoms with Crippen LogP contribution in [0.1, 0.15) is 23.0 Å². The number of nitrogens with zero attached hydrogens (tertiary/aromatic N) is 1. The number of fused-ring (bicyclic) bond motifs is 1. The number of rotatable bonds is 3. The molecule has 2 aromatic rings.